The van der Waals surface area contributed by atoms with Gasteiger partial charge in [-0.25, -0.2) is 0 Å². The molecule has 1 aliphatic heterocycles. The first-order chi connectivity index (χ1) is 8.10. The van der Waals surface area contributed by atoms with Gasteiger partial charge in [-0.05, 0) is 43.6 Å². The number of likely N-dealkylation sites (tertiary alicyclic amines) is 1. The lowest BCUT2D eigenvalue weighted by atomic mass is 9.69. The van der Waals surface area contributed by atoms with Gasteiger partial charge in [0.15, 0.2) is 0 Å². The van der Waals surface area contributed by atoms with E-state index in [-0.39, 0.29) is 0 Å². The highest BCUT2D eigenvalue weighted by Crippen LogP contribution is 2.38. The van der Waals surface area contributed by atoms with Crippen molar-refractivity contribution in [3.05, 3.63) is 0 Å². The number of nitrogens with zero attached hydrogens (tertiary/aromatic N) is 1. The van der Waals surface area contributed by atoms with E-state index in [4.69, 9.17) is 0 Å². The molecule has 3 atom stereocenters. The summed E-state index contributed by atoms with van der Waals surface area (Å²) < 4.78 is 0. The van der Waals surface area contributed by atoms with Crippen LogP contribution >= 0.6 is 0 Å². The van der Waals surface area contributed by atoms with Crippen LogP contribution in [0.5, 0.6) is 0 Å². The standard InChI is InChI=1S/C16H33N/c1-6-8-10-15-12-17(5)11-14(9-7-2)16(15)13(3)4/h13-16H,6-12H2,1-5H3. The minimum absolute atomic E-state index is 0.863. The maximum Gasteiger partial charge on any atom is 0.000958 e. The van der Waals surface area contributed by atoms with E-state index in [1.165, 1.54) is 45.2 Å². The second kappa shape index (κ2) is 7.41. The van der Waals surface area contributed by atoms with Gasteiger partial charge in [-0.2, -0.15) is 0 Å². The first kappa shape index (κ1) is 15.0. The monoisotopic (exact) mass is 239 g/mol. The minimum atomic E-state index is 0.863. The van der Waals surface area contributed by atoms with Crippen LogP contribution in [0.3, 0.4) is 0 Å². The smallest absolute Gasteiger partial charge is 0.000958 e. The maximum absolute atomic E-state index is 2.58. The molecular weight excluding hydrogens is 206 g/mol. The van der Waals surface area contributed by atoms with E-state index in [1.54, 1.807) is 0 Å². The molecule has 0 aromatic carbocycles. The normalized spacial score (nSPS) is 31.1. The van der Waals surface area contributed by atoms with Gasteiger partial charge in [-0.3, -0.25) is 0 Å². The van der Waals surface area contributed by atoms with Crippen molar-refractivity contribution in [2.75, 3.05) is 20.1 Å². The molecule has 0 aromatic heterocycles. The van der Waals surface area contributed by atoms with Crippen LogP contribution in [0.15, 0.2) is 0 Å². The summed E-state index contributed by atoms with van der Waals surface area (Å²) in [5, 5.41) is 0. The summed E-state index contributed by atoms with van der Waals surface area (Å²) in [6, 6.07) is 0. The van der Waals surface area contributed by atoms with Crippen molar-refractivity contribution in [2.45, 2.75) is 59.8 Å². The average molecular weight is 239 g/mol. The molecule has 1 heteroatoms. The van der Waals surface area contributed by atoms with Gasteiger partial charge in [0.2, 0.25) is 0 Å². The van der Waals surface area contributed by atoms with Crippen molar-refractivity contribution in [3.8, 4) is 0 Å². The lowest BCUT2D eigenvalue weighted by Gasteiger charge is -2.45. The highest BCUT2D eigenvalue weighted by Gasteiger charge is 2.36. The number of piperidine rings is 1. The molecule has 1 rings (SSSR count). The summed E-state index contributed by atoms with van der Waals surface area (Å²) >= 11 is 0. The molecule has 0 aromatic rings. The molecule has 0 amide bonds. The summed E-state index contributed by atoms with van der Waals surface area (Å²) in [6.07, 6.45) is 6.99. The quantitative estimate of drug-likeness (QED) is 0.663. The second-order valence-electron chi connectivity index (χ2n) is 6.49. The third-order valence-electron chi connectivity index (χ3n) is 4.54. The van der Waals surface area contributed by atoms with Crippen LogP contribution in [0.25, 0.3) is 0 Å². The summed E-state index contributed by atoms with van der Waals surface area (Å²) in [4.78, 5) is 2.58. The molecule has 17 heavy (non-hydrogen) atoms. The zero-order valence-electron chi connectivity index (χ0n) is 12.7. The molecular formula is C16H33N. The van der Waals surface area contributed by atoms with Crippen LogP contribution in [-0.2, 0) is 0 Å². The largest absolute Gasteiger partial charge is 0.306 e. The van der Waals surface area contributed by atoms with Crippen molar-refractivity contribution >= 4 is 0 Å². The van der Waals surface area contributed by atoms with Crippen LogP contribution < -0.4 is 0 Å². The topological polar surface area (TPSA) is 3.24 Å². The van der Waals surface area contributed by atoms with Crippen LogP contribution in [0.4, 0.5) is 0 Å². The highest BCUT2D eigenvalue weighted by molar-refractivity contribution is 4.87. The Labute approximate surface area is 109 Å². The van der Waals surface area contributed by atoms with E-state index in [0.717, 1.165) is 23.7 Å². The van der Waals surface area contributed by atoms with Crippen LogP contribution in [0, 0.1) is 23.7 Å². The zero-order valence-corrected chi connectivity index (χ0v) is 12.7. The third-order valence-corrected chi connectivity index (χ3v) is 4.54. The Morgan fingerprint density at radius 3 is 2.06 bits per heavy atom. The molecule has 1 saturated heterocycles. The predicted octanol–water partition coefficient (Wildman–Crippen LogP) is 4.43. The Balaban J connectivity index is 2.68. The summed E-state index contributed by atoms with van der Waals surface area (Å²) in [5.41, 5.74) is 0. The molecule has 0 radical (unpaired) electrons. The Morgan fingerprint density at radius 1 is 1.00 bits per heavy atom. The maximum atomic E-state index is 2.58. The first-order valence-corrected chi connectivity index (χ1v) is 7.78. The summed E-state index contributed by atoms with van der Waals surface area (Å²) in [6.45, 7) is 12.2. The van der Waals surface area contributed by atoms with Gasteiger partial charge < -0.3 is 4.90 Å². The molecule has 1 nitrogen and oxygen atoms in total. The van der Waals surface area contributed by atoms with Crippen molar-refractivity contribution < 1.29 is 0 Å². The zero-order chi connectivity index (χ0) is 12.8. The molecule has 3 unspecified atom stereocenters. The van der Waals surface area contributed by atoms with Crippen molar-refractivity contribution in [3.63, 3.8) is 0 Å². The Bertz CT molecular complexity index is 200. The van der Waals surface area contributed by atoms with E-state index in [2.05, 4.69) is 39.6 Å². The van der Waals surface area contributed by atoms with Crippen molar-refractivity contribution in [1.29, 1.82) is 0 Å². The molecule has 0 N–H and O–H groups in total. The molecule has 0 aliphatic carbocycles. The van der Waals surface area contributed by atoms with E-state index >= 15 is 0 Å². The highest BCUT2D eigenvalue weighted by atomic mass is 15.1. The summed E-state index contributed by atoms with van der Waals surface area (Å²) in [5.74, 6) is 3.73. The minimum Gasteiger partial charge on any atom is -0.306 e. The Hall–Kier alpha value is -0.0400. The second-order valence-corrected chi connectivity index (χ2v) is 6.49. The number of rotatable bonds is 6. The molecule has 0 spiro atoms. The van der Waals surface area contributed by atoms with Gasteiger partial charge in [0.05, 0.1) is 0 Å². The first-order valence-electron chi connectivity index (χ1n) is 7.78. The van der Waals surface area contributed by atoms with Gasteiger partial charge in [0.25, 0.3) is 0 Å². The fourth-order valence-corrected chi connectivity index (χ4v) is 4.00. The molecule has 102 valence electrons. The summed E-state index contributed by atoms with van der Waals surface area (Å²) in [7, 11) is 2.32. The van der Waals surface area contributed by atoms with E-state index in [9.17, 15) is 0 Å². The predicted molar refractivity (Wildman–Crippen MR) is 77.2 cm³/mol. The van der Waals surface area contributed by atoms with Crippen LogP contribution in [0.1, 0.15) is 59.8 Å². The Kier molecular flexibility index (Phi) is 6.54. The number of hydrogen-bond acceptors (Lipinski definition) is 1. The van der Waals surface area contributed by atoms with Gasteiger partial charge in [-0.1, -0.05) is 47.0 Å². The van der Waals surface area contributed by atoms with Gasteiger partial charge >= 0.3 is 0 Å². The lowest BCUT2D eigenvalue weighted by Crippen LogP contribution is -2.46. The van der Waals surface area contributed by atoms with E-state index < -0.39 is 0 Å². The van der Waals surface area contributed by atoms with Crippen LogP contribution in [-0.4, -0.2) is 25.0 Å². The SMILES string of the molecule is CCCCC1CN(C)CC(CCC)C1C(C)C. The van der Waals surface area contributed by atoms with Crippen molar-refractivity contribution in [2.24, 2.45) is 23.7 Å². The third kappa shape index (κ3) is 4.28. The molecule has 0 saturated carbocycles. The Morgan fingerprint density at radius 2 is 1.59 bits per heavy atom. The average Bonchev–Trinajstić information content (AvgIpc) is 2.25. The van der Waals surface area contributed by atoms with Gasteiger partial charge in [0.1, 0.15) is 0 Å². The van der Waals surface area contributed by atoms with Crippen LogP contribution in [0.2, 0.25) is 0 Å². The molecule has 1 aliphatic rings. The number of unbranched alkanes of at least 4 members (excludes halogenated alkanes) is 1. The fraction of sp³-hybridized carbons (Fsp3) is 1.00. The fourth-order valence-electron chi connectivity index (χ4n) is 4.00. The lowest BCUT2D eigenvalue weighted by molar-refractivity contribution is 0.0380. The molecule has 1 fully saturated rings. The van der Waals surface area contributed by atoms with Gasteiger partial charge in [-0.15, -0.1) is 0 Å². The molecule has 1 heterocycles. The molecule has 0 bridgehead atoms. The van der Waals surface area contributed by atoms with E-state index in [1.807, 2.05) is 0 Å². The number of hydrogen-bond donors (Lipinski definition) is 0. The van der Waals surface area contributed by atoms with Gasteiger partial charge in [0, 0.05) is 13.1 Å². The van der Waals surface area contributed by atoms with E-state index in [0.29, 0.717) is 0 Å². The van der Waals surface area contributed by atoms with Crippen molar-refractivity contribution in [1.82, 2.24) is 4.90 Å².